The lowest BCUT2D eigenvalue weighted by atomic mass is 10.2. The van der Waals surface area contributed by atoms with E-state index in [1.54, 1.807) is 6.92 Å². The molecule has 0 aromatic carbocycles. The van der Waals surface area contributed by atoms with Gasteiger partial charge in [-0.2, -0.15) is 0 Å². The smallest absolute Gasteiger partial charge is 0.211 e. The van der Waals surface area contributed by atoms with Crippen LogP contribution in [0.5, 0.6) is 0 Å². The molecule has 1 radical (unpaired) electrons. The van der Waals surface area contributed by atoms with Crippen LogP contribution in [0, 0.1) is 0 Å². The van der Waals surface area contributed by atoms with Crippen molar-refractivity contribution >= 4 is 10.0 Å². The third-order valence-electron chi connectivity index (χ3n) is 1.50. The van der Waals surface area contributed by atoms with Gasteiger partial charge < -0.3 is 0 Å². The van der Waals surface area contributed by atoms with Gasteiger partial charge in [0.25, 0.3) is 0 Å². The second-order valence-electron chi connectivity index (χ2n) is 2.36. The van der Waals surface area contributed by atoms with Crippen LogP contribution < -0.4 is 5.14 Å². The Bertz CT molecular complexity index is 174. The topological polar surface area (TPSA) is 57.9 Å². The van der Waals surface area contributed by atoms with Crippen LogP contribution in [0.4, 0.5) is 0 Å². The fourth-order valence-electron chi connectivity index (χ4n) is 0.901. The Labute approximate surface area is 62.7 Å². The molecule has 1 atom stereocenters. The number of nitrogens with one attached hydrogen (secondary N) is 1. The van der Waals surface area contributed by atoms with Gasteiger partial charge in [0, 0.05) is 0 Å². The minimum atomic E-state index is -3.53. The summed E-state index contributed by atoms with van der Waals surface area (Å²) < 4.78 is 21.2. The predicted octanol–water partition coefficient (Wildman–Crippen LogP) is 1.18. The maximum absolute atomic E-state index is 10.6. The lowest BCUT2D eigenvalue weighted by molar-refractivity contribution is 0.564. The number of hydrogen-bond acceptors (Lipinski definition) is 2. The molecule has 0 aromatic rings. The molecule has 0 aromatic heterocycles. The van der Waals surface area contributed by atoms with Crippen molar-refractivity contribution in [2.75, 3.05) is 0 Å². The van der Waals surface area contributed by atoms with Crippen molar-refractivity contribution in [3.63, 3.8) is 0 Å². The average molecular weight is 164 g/mol. The van der Waals surface area contributed by atoms with E-state index >= 15 is 0 Å². The summed E-state index contributed by atoms with van der Waals surface area (Å²) in [4.78, 5) is 0. The van der Waals surface area contributed by atoms with Gasteiger partial charge in [-0.1, -0.05) is 20.3 Å². The molecule has 0 heterocycles. The van der Waals surface area contributed by atoms with Gasteiger partial charge >= 0.3 is 0 Å². The Hall–Kier alpha value is -0.0900. The lowest BCUT2D eigenvalue weighted by Crippen LogP contribution is -2.20. The molecule has 0 aliphatic heterocycles. The molecule has 0 fully saturated rings. The second-order valence-corrected chi connectivity index (χ2v) is 4.12. The van der Waals surface area contributed by atoms with Crippen LogP contribution in [-0.4, -0.2) is 13.7 Å². The van der Waals surface area contributed by atoms with Crippen LogP contribution in [0.3, 0.4) is 0 Å². The highest BCUT2D eigenvalue weighted by molar-refractivity contribution is 7.89. The molecular weight excluding hydrogens is 150 g/mol. The van der Waals surface area contributed by atoms with Gasteiger partial charge in [0.2, 0.25) is 10.0 Å². The molecular formula is C6H14NO2S. The minimum Gasteiger partial charge on any atom is -0.211 e. The molecule has 61 valence electrons. The SMILES string of the molecule is CCCC(CC)S([NH])(=O)=O. The molecule has 0 saturated heterocycles. The van der Waals surface area contributed by atoms with Gasteiger partial charge in [-0.25, -0.2) is 8.42 Å². The third-order valence-corrected chi connectivity index (χ3v) is 2.95. The highest BCUT2D eigenvalue weighted by Gasteiger charge is 2.17. The first kappa shape index (κ1) is 9.91. The van der Waals surface area contributed by atoms with Crippen molar-refractivity contribution < 1.29 is 8.42 Å². The van der Waals surface area contributed by atoms with Crippen molar-refractivity contribution in [1.82, 2.24) is 5.14 Å². The fraction of sp³-hybridized carbons (Fsp3) is 1.00. The normalized spacial score (nSPS) is 15.1. The zero-order valence-corrected chi connectivity index (χ0v) is 7.24. The first-order valence-electron chi connectivity index (χ1n) is 3.50. The third kappa shape index (κ3) is 3.17. The Morgan fingerprint density at radius 2 is 1.90 bits per heavy atom. The predicted molar refractivity (Wildman–Crippen MR) is 41.0 cm³/mol. The van der Waals surface area contributed by atoms with Gasteiger partial charge in [-0.3, -0.25) is 0 Å². The maximum atomic E-state index is 10.6. The molecule has 0 bridgehead atoms. The van der Waals surface area contributed by atoms with Crippen LogP contribution in [0.25, 0.3) is 0 Å². The highest BCUT2D eigenvalue weighted by Crippen LogP contribution is 2.09. The fourth-order valence-corrected chi connectivity index (χ4v) is 1.89. The van der Waals surface area contributed by atoms with Crippen molar-refractivity contribution in [3.8, 4) is 0 Å². The van der Waals surface area contributed by atoms with Crippen molar-refractivity contribution in [1.29, 1.82) is 0 Å². The zero-order valence-electron chi connectivity index (χ0n) is 6.42. The standard InChI is InChI=1S/C6H14NO2S/c1-3-5-6(4-2)10(7,8)9/h6-7H,3-5H2,1-2H3. The van der Waals surface area contributed by atoms with E-state index in [4.69, 9.17) is 5.14 Å². The molecule has 0 spiro atoms. The van der Waals surface area contributed by atoms with Crippen LogP contribution in [0.2, 0.25) is 0 Å². The van der Waals surface area contributed by atoms with E-state index in [2.05, 4.69) is 0 Å². The Kier molecular flexibility index (Phi) is 3.89. The molecule has 4 heteroatoms. The summed E-state index contributed by atoms with van der Waals surface area (Å²) in [5.41, 5.74) is 0. The Morgan fingerprint density at radius 1 is 1.40 bits per heavy atom. The average Bonchev–Trinajstić information content (AvgIpc) is 1.80. The molecule has 3 nitrogen and oxygen atoms in total. The van der Waals surface area contributed by atoms with E-state index in [0.717, 1.165) is 6.42 Å². The number of sulfonamides is 1. The van der Waals surface area contributed by atoms with Gasteiger partial charge in [0.05, 0.1) is 5.25 Å². The van der Waals surface area contributed by atoms with Crippen LogP contribution in [-0.2, 0) is 10.0 Å². The molecule has 10 heavy (non-hydrogen) atoms. The molecule has 1 N–H and O–H groups in total. The van der Waals surface area contributed by atoms with E-state index in [1.165, 1.54) is 0 Å². The summed E-state index contributed by atoms with van der Waals surface area (Å²) in [5.74, 6) is 0. The second kappa shape index (κ2) is 3.93. The first-order chi connectivity index (χ1) is 4.52. The summed E-state index contributed by atoms with van der Waals surface area (Å²) >= 11 is 0. The minimum absolute atomic E-state index is 0.447. The van der Waals surface area contributed by atoms with Gasteiger partial charge in [-0.15, -0.1) is 5.14 Å². The van der Waals surface area contributed by atoms with E-state index in [9.17, 15) is 8.42 Å². The van der Waals surface area contributed by atoms with Gasteiger partial charge in [0.1, 0.15) is 0 Å². The number of hydrogen-bond donors (Lipinski definition) is 0. The monoisotopic (exact) mass is 164 g/mol. The Morgan fingerprint density at radius 3 is 2.00 bits per heavy atom. The quantitative estimate of drug-likeness (QED) is 0.626. The van der Waals surface area contributed by atoms with E-state index in [0.29, 0.717) is 12.8 Å². The molecule has 0 aliphatic rings. The van der Waals surface area contributed by atoms with Crippen LogP contribution in [0.15, 0.2) is 0 Å². The van der Waals surface area contributed by atoms with Gasteiger partial charge in [-0.05, 0) is 12.8 Å². The van der Waals surface area contributed by atoms with Gasteiger partial charge in [0.15, 0.2) is 0 Å². The zero-order chi connectivity index (χ0) is 8.20. The highest BCUT2D eigenvalue weighted by atomic mass is 32.2. The largest absolute Gasteiger partial charge is 0.228 e. The van der Waals surface area contributed by atoms with Crippen molar-refractivity contribution in [2.24, 2.45) is 0 Å². The molecule has 0 amide bonds. The molecule has 1 unspecified atom stereocenters. The summed E-state index contributed by atoms with van der Waals surface area (Å²) in [7, 11) is -3.53. The summed E-state index contributed by atoms with van der Waals surface area (Å²) in [6, 6.07) is 0. The Balaban J connectivity index is 4.08. The van der Waals surface area contributed by atoms with E-state index in [-0.39, 0.29) is 0 Å². The summed E-state index contributed by atoms with van der Waals surface area (Å²) in [5, 5.41) is 6.32. The summed E-state index contributed by atoms with van der Waals surface area (Å²) in [6.07, 6.45) is 2.00. The first-order valence-corrected chi connectivity index (χ1v) is 5.05. The number of rotatable bonds is 4. The van der Waals surface area contributed by atoms with Crippen molar-refractivity contribution in [2.45, 2.75) is 38.4 Å². The van der Waals surface area contributed by atoms with E-state index in [1.807, 2.05) is 6.92 Å². The maximum Gasteiger partial charge on any atom is 0.228 e. The van der Waals surface area contributed by atoms with Crippen LogP contribution >= 0.6 is 0 Å². The lowest BCUT2D eigenvalue weighted by Gasteiger charge is -2.08. The summed E-state index contributed by atoms with van der Waals surface area (Å²) in [6.45, 7) is 3.72. The molecule has 0 saturated carbocycles. The molecule has 0 rings (SSSR count). The van der Waals surface area contributed by atoms with Crippen LogP contribution in [0.1, 0.15) is 33.1 Å². The molecule has 0 aliphatic carbocycles. The van der Waals surface area contributed by atoms with Crippen molar-refractivity contribution in [3.05, 3.63) is 0 Å². The van der Waals surface area contributed by atoms with E-state index < -0.39 is 15.3 Å².